The van der Waals surface area contributed by atoms with Crippen LogP contribution in [0.4, 0.5) is 0 Å². The summed E-state index contributed by atoms with van der Waals surface area (Å²) in [5.41, 5.74) is 17.0. The second-order valence-corrected chi connectivity index (χ2v) is 10.4. The average molecular weight is 509 g/mol. The van der Waals surface area contributed by atoms with Crippen molar-refractivity contribution in [3.8, 4) is 0 Å². The second-order valence-electron chi connectivity index (χ2n) is 10.4. The Labute approximate surface area is 223 Å². The van der Waals surface area contributed by atoms with Crippen LogP contribution in [0.15, 0.2) is 18.2 Å². The van der Waals surface area contributed by atoms with Gasteiger partial charge in [-0.25, -0.2) is 9.97 Å². The van der Waals surface area contributed by atoms with Gasteiger partial charge >= 0.3 is 5.97 Å². The first-order chi connectivity index (χ1) is 18.1. The molecular formula is C32H36N4O2. The summed E-state index contributed by atoms with van der Waals surface area (Å²) in [6, 6.07) is 6.49. The van der Waals surface area contributed by atoms with Crippen molar-refractivity contribution in [3.05, 3.63) is 68.8 Å². The summed E-state index contributed by atoms with van der Waals surface area (Å²) < 4.78 is 0. The third-order valence-electron chi connectivity index (χ3n) is 8.14. The van der Waals surface area contributed by atoms with E-state index in [1.807, 2.05) is 13.8 Å². The highest BCUT2D eigenvalue weighted by molar-refractivity contribution is 5.95. The first-order valence-electron chi connectivity index (χ1n) is 13.5. The number of carboxylic acids is 1. The molecule has 0 saturated carbocycles. The molecule has 0 radical (unpaired) electrons. The number of nitrogens with zero attached hydrogens (tertiary/aromatic N) is 2. The lowest BCUT2D eigenvalue weighted by atomic mass is 9.98. The zero-order valence-corrected chi connectivity index (χ0v) is 23.4. The molecule has 0 aliphatic carbocycles. The molecule has 3 aromatic rings. The monoisotopic (exact) mass is 508 g/mol. The van der Waals surface area contributed by atoms with Crippen molar-refractivity contribution in [1.82, 2.24) is 19.9 Å². The molecule has 0 spiro atoms. The van der Waals surface area contributed by atoms with E-state index in [2.05, 4.69) is 68.9 Å². The quantitative estimate of drug-likeness (QED) is 0.329. The lowest BCUT2D eigenvalue weighted by Gasteiger charge is -2.05. The zero-order valence-electron chi connectivity index (χ0n) is 23.4. The van der Waals surface area contributed by atoms with Crippen molar-refractivity contribution < 1.29 is 9.90 Å². The van der Waals surface area contributed by atoms with E-state index in [9.17, 15) is 9.90 Å². The molecule has 0 amide bonds. The van der Waals surface area contributed by atoms with Gasteiger partial charge in [0.2, 0.25) is 0 Å². The van der Waals surface area contributed by atoms with Crippen molar-refractivity contribution in [2.75, 3.05) is 0 Å². The molecule has 0 saturated heterocycles. The van der Waals surface area contributed by atoms with Crippen molar-refractivity contribution in [3.63, 3.8) is 0 Å². The van der Waals surface area contributed by atoms with Gasteiger partial charge in [0.1, 0.15) is 0 Å². The average Bonchev–Trinajstić information content (AvgIpc) is 3.57. The summed E-state index contributed by atoms with van der Waals surface area (Å²) in [6.45, 7) is 14.9. The van der Waals surface area contributed by atoms with Crippen LogP contribution in [0.25, 0.3) is 44.9 Å². The number of H-pyrrole nitrogens is 2. The van der Waals surface area contributed by atoms with Gasteiger partial charge in [-0.2, -0.15) is 0 Å². The molecule has 196 valence electrons. The van der Waals surface area contributed by atoms with Crippen LogP contribution in [0.2, 0.25) is 0 Å². The Hall–Kier alpha value is -3.93. The maximum atomic E-state index is 11.5. The van der Waals surface area contributed by atoms with E-state index in [-0.39, 0.29) is 6.42 Å². The number of rotatable bonds is 5. The fraction of sp³-hybridized carbons (Fsp3) is 0.344. The molecule has 38 heavy (non-hydrogen) atoms. The number of aromatic amines is 2. The van der Waals surface area contributed by atoms with E-state index in [4.69, 9.17) is 9.97 Å². The van der Waals surface area contributed by atoms with Crippen molar-refractivity contribution >= 4 is 50.8 Å². The molecule has 3 aromatic heterocycles. The van der Waals surface area contributed by atoms with Crippen LogP contribution in [0, 0.1) is 20.8 Å². The van der Waals surface area contributed by atoms with Crippen LogP contribution in [0.5, 0.6) is 0 Å². The third kappa shape index (κ3) is 4.28. The van der Waals surface area contributed by atoms with Gasteiger partial charge in [-0.1, -0.05) is 13.8 Å². The SMILES string of the molecule is CCc1c(C)c2cc3[nH]c(cc4nc(c(C)c5nc(cc1[nH]2)C(C)=C5)C(CCC(=O)O)=C4C)c(C)c3CC. The molecule has 0 aromatic carbocycles. The number of fused-ring (bicyclic) bond motifs is 8. The summed E-state index contributed by atoms with van der Waals surface area (Å²) >= 11 is 0. The number of nitrogens with one attached hydrogen (secondary N) is 2. The molecule has 5 rings (SSSR count). The third-order valence-corrected chi connectivity index (χ3v) is 8.14. The standard InChI is InChI=1S/C32H36N4O2/c1-8-21-18(5)27-15-30-22(9-2)17(4)26(34-30)14-28-19(6)23(10-11-31(37)38)32(36-28)20(7)25-12-16(3)24(33-25)13-29(21)35-27/h12-15,34-35H,8-11H2,1-7H3,(H,37,38). The number of aromatic nitrogens is 4. The van der Waals surface area contributed by atoms with Crippen LogP contribution in [0.3, 0.4) is 0 Å². The lowest BCUT2D eigenvalue weighted by Crippen LogP contribution is -1.97. The molecule has 0 unspecified atom stereocenters. The van der Waals surface area contributed by atoms with E-state index < -0.39 is 5.97 Å². The summed E-state index contributed by atoms with van der Waals surface area (Å²) in [6.07, 6.45) is 4.44. The molecule has 2 aliphatic rings. The minimum atomic E-state index is -0.808. The van der Waals surface area contributed by atoms with Crippen molar-refractivity contribution in [1.29, 1.82) is 0 Å². The van der Waals surface area contributed by atoms with E-state index in [0.717, 1.165) is 80.0 Å². The molecule has 5 heterocycles. The molecule has 0 fully saturated rings. The second kappa shape index (κ2) is 9.75. The van der Waals surface area contributed by atoms with Gasteiger partial charge in [-0.05, 0) is 117 Å². The van der Waals surface area contributed by atoms with E-state index >= 15 is 0 Å². The lowest BCUT2D eigenvalue weighted by molar-refractivity contribution is -0.136. The Morgan fingerprint density at radius 1 is 0.789 bits per heavy atom. The Balaban J connectivity index is 1.95. The van der Waals surface area contributed by atoms with E-state index in [1.165, 1.54) is 22.3 Å². The Bertz CT molecular complexity index is 1710. The highest BCUT2D eigenvalue weighted by atomic mass is 16.4. The number of hydrogen-bond donors (Lipinski definition) is 3. The number of allylic oxidation sites excluding steroid dienone is 3. The van der Waals surface area contributed by atoms with Crippen molar-refractivity contribution in [2.24, 2.45) is 0 Å². The van der Waals surface area contributed by atoms with Crippen LogP contribution in [0.1, 0.15) is 91.1 Å². The highest BCUT2D eigenvalue weighted by Gasteiger charge is 2.22. The number of hydrogen-bond acceptors (Lipinski definition) is 3. The first kappa shape index (κ1) is 25.7. The molecule has 3 N–H and O–H groups in total. The Kier molecular flexibility index (Phi) is 6.59. The van der Waals surface area contributed by atoms with Crippen LogP contribution >= 0.6 is 0 Å². The van der Waals surface area contributed by atoms with Gasteiger partial charge in [0.25, 0.3) is 0 Å². The van der Waals surface area contributed by atoms with Crippen molar-refractivity contribution in [2.45, 2.75) is 74.1 Å². The minimum absolute atomic E-state index is 0.0629. The van der Waals surface area contributed by atoms with Gasteiger partial charge in [-0.15, -0.1) is 0 Å². The maximum Gasteiger partial charge on any atom is 0.303 e. The van der Waals surface area contributed by atoms with Crippen LogP contribution in [-0.2, 0) is 17.6 Å². The predicted molar refractivity (Wildman–Crippen MR) is 157 cm³/mol. The smallest absolute Gasteiger partial charge is 0.303 e. The fourth-order valence-corrected chi connectivity index (χ4v) is 5.80. The molecule has 2 aliphatic heterocycles. The topological polar surface area (TPSA) is 94.7 Å². The zero-order chi connectivity index (χ0) is 27.3. The largest absolute Gasteiger partial charge is 0.481 e. The number of carboxylic acid groups (broad SMARTS) is 1. The summed E-state index contributed by atoms with van der Waals surface area (Å²) in [4.78, 5) is 28.9. The maximum absolute atomic E-state index is 11.5. The number of aryl methyl sites for hydroxylation is 4. The van der Waals surface area contributed by atoms with Gasteiger partial charge in [0.15, 0.2) is 0 Å². The normalized spacial score (nSPS) is 13.3. The van der Waals surface area contributed by atoms with E-state index in [1.54, 1.807) is 0 Å². The first-order valence-corrected chi connectivity index (χ1v) is 13.5. The van der Waals surface area contributed by atoms with E-state index in [0.29, 0.717) is 6.42 Å². The summed E-state index contributed by atoms with van der Waals surface area (Å²) in [7, 11) is 0. The van der Waals surface area contributed by atoms with Crippen LogP contribution < -0.4 is 0 Å². The summed E-state index contributed by atoms with van der Waals surface area (Å²) in [5.74, 6) is -0.808. The fourth-order valence-electron chi connectivity index (χ4n) is 5.80. The van der Waals surface area contributed by atoms with Gasteiger partial charge in [0.05, 0.1) is 22.8 Å². The van der Waals surface area contributed by atoms with Crippen LogP contribution in [-0.4, -0.2) is 31.0 Å². The molecule has 8 bridgehead atoms. The van der Waals surface area contributed by atoms with Gasteiger partial charge in [0, 0.05) is 34.1 Å². The molecule has 6 nitrogen and oxygen atoms in total. The number of aliphatic carboxylic acids is 1. The van der Waals surface area contributed by atoms with Gasteiger partial charge in [-0.3, -0.25) is 4.79 Å². The van der Waals surface area contributed by atoms with Gasteiger partial charge < -0.3 is 15.1 Å². The Morgan fingerprint density at radius 2 is 1.37 bits per heavy atom. The number of carbonyl (C=O) groups is 1. The molecule has 0 atom stereocenters. The minimum Gasteiger partial charge on any atom is -0.481 e. The molecule has 6 heteroatoms. The predicted octanol–water partition coefficient (Wildman–Crippen LogP) is 7.72. The molecular weight excluding hydrogens is 472 g/mol. The Morgan fingerprint density at radius 3 is 1.97 bits per heavy atom. The summed E-state index contributed by atoms with van der Waals surface area (Å²) in [5, 5.41) is 9.42. The highest BCUT2D eigenvalue weighted by Crippen LogP contribution is 2.37.